The highest BCUT2D eigenvalue weighted by molar-refractivity contribution is 5.79. The van der Waals surface area contributed by atoms with E-state index in [-0.39, 0.29) is 74.3 Å². The third kappa shape index (κ3) is 8.32. The predicted octanol–water partition coefficient (Wildman–Crippen LogP) is 2.38. The summed E-state index contributed by atoms with van der Waals surface area (Å²) in [6.07, 6.45) is -5.21. The Morgan fingerprint density at radius 3 is 2.14 bits per heavy atom. The number of aliphatic hydroxyl groups is 4. The lowest BCUT2D eigenvalue weighted by atomic mass is 9.79. The monoisotopic (exact) mass is 790 g/mol. The molecule has 0 aliphatic carbocycles. The van der Waals surface area contributed by atoms with Crippen LogP contribution in [0.3, 0.4) is 0 Å². The summed E-state index contributed by atoms with van der Waals surface area (Å²) >= 11 is 0. The Morgan fingerprint density at radius 2 is 1.34 bits per heavy atom. The van der Waals surface area contributed by atoms with Crippen LogP contribution in [0.15, 0.2) is 24.3 Å². The van der Waals surface area contributed by atoms with Crippen LogP contribution in [0.2, 0.25) is 0 Å². The van der Waals surface area contributed by atoms with Crippen LogP contribution in [0.5, 0.6) is 0 Å². The first kappa shape index (κ1) is 40.9. The van der Waals surface area contributed by atoms with Crippen molar-refractivity contribution in [3.8, 4) is 0 Å². The fourth-order valence-corrected chi connectivity index (χ4v) is 10.8. The van der Waals surface area contributed by atoms with Gasteiger partial charge in [0.05, 0.1) is 79.7 Å². The summed E-state index contributed by atoms with van der Waals surface area (Å²) in [5.41, 5.74) is 1.97. The lowest BCUT2D eigenvalue weighted by Crippen LogP contribution is -2.62. The van der Waals surface area contributed by atoms with E-state index in [0.29, 0.717) is 38.5 Å². The normalized spacial score (nSPS) is 50.5. The van der Waals surface area contributed by atoms with Crippen LogP contribution < -0.4 is 0 Å². The Hall–Kier alpha value is -1.82. The van der Waals surface area contributed by atoms with Crippen molar-refractivity contribution < 1.29 is 67.9 Å². The number of hydrogen-bond acceptors (Lipinski definition) is 14. The van der Waals surface area contributed by atoms with Crippen LogP contribution in [0, 0.1) is 11.8 Å². The van der Waals surface area contributed by atoms with Crippen molar-refractivity contribution in [1.29, 1.82) is 0 Å². The Kier molecular flexibility index (Phi) is 12.5. The molecular weight excluding hydrogens is 728 g/mol. The third-order valence-electron chi connectivity index (χ3n) is 14.0. The summed E-state index contributed by atoms with van der Waals surface area (Å²) in [5.74, 6) is -0.665. The molecule has 0 amide bonds. The summed E-state index contributed by atoms with van der Waals surface area (Å²) < 4.78 is 51.3. The van der Waals surface area contributed by atoms with Gasteiger partial charge in [0.1, 0.15) is 42.4 Å². The highest BCUT2D eigenvalue weighted by Crippen LogP contribution is 2.44. The average Bonchev–Trinajstić information content (AvgIpc) is 3.68. The van der Waals surface area contributed by atoms with Crippen LogP contribution >= 0.6 is 0 Å². The van der Waals surface area contributed by atoms with E-state index >= 15 is 0 Å². The molecular formula is C42H62O14. The molecule has 8 aliphatic rings. The smallest absolute Gasteiger partial charge is 0.308 e. The van der Waals surface area contributed by atoms with Gasteiger partial charge in [0.15, 0.2) is 0 Å². The SMILES string of the molecule is C=C1CC2CCC(=O)CC3OC4C(O)[C@H]5OC(CCC5O[C@H]4[C@H]3O)CC(=O)OC3[C@H](CC4O[C@@H](CCC1O2)CC(C)C4=C)O[C@H]1CC(O)C(CCO)O[C@H]1[C@@H]3C. The van der Waals surface area contributed by atoms with Gasteiger partial charge >= 0.3 is 5.97 Å². The van der Waals surface area contributed by atoms with Gasteiger partial charge in [-0.15, -0.1) is 0 Å². The van der Waals surface area contributed by atoms with Gasteiger partial charge < -0.3 is 58.3 Å². The van der Waals surface area contributed by atoms with Crippen LogP contribution in [0.4, 0.5) is 0 Å². The van der Waals surface area contributed by atoms with Crippen LogP contribution in [-0.2, 0) is 47.5 Å². The van der Waals surface area contributed by atoms with Crippen molar-refractivity contribution in [2.45, 2.75) is 207 Å². The molecule has 8 bridgehead atoms. The number of rotatable bonds is 2. The topological polar surface area (TPSA) is 189 Å². The number of hydrogen-bond donors (Lipinski definition) is 4. The maximum Gasteiger partial charge on any atom is 0.308 e. The highest BCUT2D eigenvalue weighted by Gasteiger charge is 2.57. The van der Waals surface area contributed by atoms with Crippen LogP contribution in [-0.4, -0.2) is 149 Å². The molecule has 4 N–H and O–H groups in total. The predicted molar refractivity (Wildman–Crippen MR) is 197 cm³/mol. The second kappa shape index (κ2) is 17.0. The molecule has 0 radical (unpaired) electrons. The van der Waals surface area contributed by atoms with E-state index in [2.05, 4.69) is 20.1 Å². The minimum absolute atomic E-state index is 0.00469. The van der Waals surface area contributed by atoms with Gasteiger partial charge in [-0.3, -0.25) is 9.59 Å². The maximum absolute atomic E-state index is 13.9. The molecule has 8 heterocycles. The summed E-state index contributed by atoms with van der Waals surface area (Å²) in [6, 6.07) is 0. The van der Waals surface area contributed by atoms with Gasteiger partial charge in [0.25, 0.3) is 0 Å². The average molecular weight is 791 g/mol. The summed E-state index contributed by atoms with van der Waals surface area (Å²) in [7, 11) is 0. The largest absolute Gasteiger partial charge is 0.459 e. The molecule has 8 rings (SSSR count). The number of esters is 1. The van der Waals surface area contributed by atoms with Gasteiger partial charge in [0, 0.05) is 38.2 Å². The molecule has 8 fully saturated rings. The highest BCUT2D eigenvalue weighted by atomic mass is 16.6. The third-order valence-corrected chi connectivity index (χ3v) is 14.0. The van der Waals surface area contributed by atoms with Gasteiger partial charge in [-0.25, -0.2) is 0 Å². The molecule has 314 valence electrons. The van der Waals surface area contributed by atoms with E-state index in [0.717, 1.165) is 30.4 Å². The molecule has 14 nitrogen and oxygen atoms in total. The molecule has 8 saturated heterocycles. The lowest BCUT2D eigenvalue weighted by Gasteiger charge is -2.51. The number of ether oxygens (including phenoxy) is 8. The van der Waals surface area contributed by atoms with Crippen molar-refractivity contribution in [3.63, 3.8) is 0 Å². The molecule has 0 aromatic heterocycles. The Labute approximate surface area is 329 Å². The molecule has 0 spiro atoms. The summed E-state index contributed by atoms with van der Waals surface area (Å²) in [6.45, 7) is 12.7. The minimum Gasteiger partial charge on any atom is -0.459 e. The van der Waals surface area contributed by atoms with Crippen molar-refractivity contribution in [1.82, 2.24) is 0 Å². The van der Waals surface area contributed by atoms with E-state index in [1.165, 1.54) is 0 Å². The van der Waals surface area contributed by atoms with Crippen molar-refractivity contribution >= 4 is 11.8 Å². The van der Waals surface area contributed by atoms with Gasteiger partial charge in [-0.05, 0) is 68.4 Å². The molecule has 12 unspecified atom stereocenters. The number of fused-ring (bicyclic) bond motifs is 8. The standard InChI is InChI=1S/C42H62O14/c1-19-13-25-7-9-28-20(2)14-24(49-28)6-5-23(44)15-32-36(47)41-42(55-32)37(48)40-30(54-41)10-8-26(51-40)16-35(46)56-39-22(4)38-33(17-27(45)29(53-38)11-12-43)52-34(39)18-31(50-25)21(19)3/h19,22,24-34,36-43,45,47-48H,2-3,5-18H2,1,4H3/t19?,22-,24?,25-,26?,27?,28?,29?,30?,31?,32?,33-,34-,36-,37?,38-,39?,40-,41-,42?/m0/s1. The fourth-order valence-electron chi connectivity index (χ4n) is 10.8. The number of carbonyl (C=O) groups excluding carboxylic acids is 2. The van der Waals surface area contributed by atoms with E-state index in [1.807, 2.05) is 6.92 Å². The zero-order valence-electron chi connectivity index (χ0n) is 32.7. The Balaban J connectivity index is 1.03. The van der Waals surface area contributed by atoms with Crippen molar-refractivity contribution in [2.75, 3.05) is 6.61 Å². The molecule has 56 heavy (non-hydrogen) atoms. The molecule has 0 saturated carbocycles. The van der Waals surface area contributed by atoms with Crippen LogP contribution in [0.25, 0.3) is 0 Å². The molecule has 14 heteroatoms. The fraction of sp³-hybridized carbons (Fsp3) is 0.857. The van der Waals surface area contributed by atoms with Crippen molar-refractivity contribution in [3.05, 3.63) is 24.3 Å². The molecule has 0 aromatic rings. The summed E-state index contributed by atoms with van der Waals surface area (Å²) in [5, 5.41) is 43.2. The lowest BCUT2D eigenvalue weighted by molar-refractivity contribution is -0.275. The first-order valence-corrected chi connectivity index (χ1v) is 21.2. The number of carbonyl (C=O) groups is 2. The zero-order valence-corrected chi connectivity index (χ0v) is 32.7. The Morgan fingerprint density at radius 1 is 0.625 bits per heavy atom. The van der Waals surface area contributed by atoms with E-state index in [9.17, 15) is 30.0 Å². The van der Waals surface area contributed by atoms with Gasteiger partial charge in [-0.1, -0.05) is 27.0 Å². The maximum atomic E-state index is 13.9. The first-order chi connectivity index (χ1) is 26.9. The number of aliphatic hydroxyl groups excluding tert-OH is 4. The summed E-state index contributed by atoms with van der Waals surface area (Å²) in [4.78, 5) is 27.0. The zero-order chi connectivity index (χ0) is 39.4. The minimum atomic E-state index is -1.13. The molecule has 20 atom stereocenters. The quantitative estimate of drug-likeness (QED) is 0.236. The first-order valence-electron chi connectivity index (χ1n) is 21.2. The van der Waals surface area contributed by atoms with Gasteiger partial charge in [-0.2, -0.15) is 0 Å². The Bertz CT molecular complexity index is 1460. The van der Waals surface area contributed by atoms with Crippen LogP contribution in [0.1, 0.15) is 97.3 Å². The van der Waals surface area contributed by atoms with E-state index in [1.54, 1.807) is 0 Å². The van der Waals surface area contributed by atoms with E-state index in [4.69, 9.17) is 37.9 Å². The van der Waals surface area contributed by atoms with E-state index < -0.39 is 91.4 Å². The van der Waals surface area contributed by atoms with Gasteiger partial charge in [0.2, 0.25) is 0 Å². The number of ketones is 1. The molecule has 8 aliphatic heterocycles. The van der Waals surface area contributed by atoms with Crippen molar-refractivity contribution in [2.24, 2.45) is 11.8 Å². The molecule has 0 aromatic carbocycles. The number of Topliss-reactive ketones (excluding diaryl/α,β-unsaturated/α-hetero) is 1. The second-order valence-electron chi connectivity index (χ2n) is 17.9. The second-order valence-corrected chi connectivity index (χ2v) is 17.9.